The molecule has 1 aliphatic heterocycles. The number of hydrogen-bond acceptors (Lipinski definition) is 4. The number of rotatable bonds is 5. The van der Waals surface area contributed by atoms with E-state index in [1.807, 2.05) is 36.4 Å². The molecule has 1 amide bonds. The lowest BCUT2D eigenvalue weighted by atomic mass is 10.1. The minimum Gasteiger partial charge on any atom is -0.497 e. The zero-order valence-corrected chi connectivity index (χ0v) is 14.3. The lowest BCUT2D eigenvalue weighted by Gasteiger charge is -2.21. The largest absolute Gasteiger partial charge is 0.497 e. The molecule has 1 atom stereocenters. The Kier molecular flexibility index (Phi) is 4.92. The van der Waals surface area contributed by atoms with E-state index in [9.17, 15) is 4.79 Å². The summed E-state index contributed by atoms with van der Waals surface area (Å²) in [4.78, 5) is 11.4. The minimum atomic E-state index is -0.136. The molecule has 6 heteroatoms. The Balaban J connectivity index is 1.70. The summed E-state index contributed by atoms with van der Waals surface area (Å²) < 4.78 is 10.6. The SMILES string of the molecule is COc1ccc(Cl)c(CN[C@H](C)c2ccc3c(c2)NC(=O)CO3)c1. The molecule has 0 aliphatic carbocycles. The topological polar surface area (TPSA) is 59.6 Å². The number of anilines is 1. The highest BCUT2D eigenvalue weighted by molar-refractivity contribution is 6.31. The van der Waals surface area contributed by atoms with Crippen LogP contribution in [0.25, 0.3) is 0 Å². The zero-order valence-electron chi connectivity index (χ0n) is 13.6. The molecule has 0 bridgehead atoms. The van der Waals surface area contributed by atoms with Crippen LogP contribution in [0.3, 0.4) is 0 Å². The summed E-state index contributed by atoms with van der Waals surface area (Å²) in [6.07, 6.45) is 0. The Morgan fingerprint density at radius 3 is 2.96 bits per heavy atom. The molecule has 0 saturated carbocycles. The second kappa shape index (κ2) is 7.11. The molecule has 1 aliphatic rings. The summed E-state index contributed by atoms with van der Waals surface area (Å²) in [5.74, 6) is 1.34. The maximum atomic E-state index is 11.4. The van der Waals surface area contributed by atoms with E-state index >= 15 is 0 Å². The van der Waals surface area contributed by atoms with E-state index in [0.29, 0.717) is 23.0 Å². The fourth-order valence-corrected chi connectivity index (χ4v) is 2.75. The average molecular weight is 347 g/mol. The van der Waals surface area contributed by atoms with Gasteiger partial charge in [-0.3, -0.25) is 4.79 Å². The van der Waals surface area contributed by atoms with Gasteiger partial charge in [0.15, 0.2) is 6.61 Å². The summed E-state index contributed by atoms with van der Waals surface area (Å²) >= 11 is 6.23. The Morgan fingerprint density at radius 2 is 2.17 bits per heavy atom. The van der Waals surface area contributed by atoms with Crippen molar-refractivity contribution in [2.75, 3.05) is 19.0 Å². The Morgan fingerprint density at radius 1 is 1.33 bits per heavy atom. The molecule has 1 heterocycles. The molecule has 0 spiro atoms. The molecule has 0 fully saturated rings. The highest BCUT2D eigenvalue weighted by Crippen LogP contribution is 2.31. The summed E-state index contributed by atoms with van der Waals surface area (Å²) in [5.41, 5.74) is 2.73. The monoisotopic (exact) mass is 346 g/mol. The van der Waals surface area contributed by atoms with Gasteiger partial charge in [0.2, 0.25) is 0 Å². The third-order valence-electron chi connectivity index (χ3n) is 3.99. The van der Waals surface area contributed by atoms with E-state index in [-0.39, 0.29) is 18.6 Å². The van der Waals surface area contributed by atoms with Crippen molar-refractivity contribution in [1.29, 1.82) is 0 Å². The third-order valence-corrected chi connectivity index (χ3v) is 4.36. The summed E-state index contributed by atoms with van der Waals surface area (Å²) in [5, 5.41) is 6.95. The number of fused-ring (bicyclic) bond motifs is 1. The van der Waals surface area contributed by atoms with E-state index in [4.69, 9.17) is 21.1 Å². The smallest absolute Gasteiger partial charge is 0.262 e. The lowest BCUT2D eigenvalue weighted by molar-refractivity contribution is -0.118. The van der Waals surface area contributed by atoms with Gasteiger partial charge in [-0.15, -0.1) is 0 Å². The molecule has 2 N–H and O–H groups in total. The molecule has 2 aromatic carbocycles. The van der Waals surface area contributed by atoms with Gasteiger partial charge in [0, 0.05) is 17.6 Å². The van der Waals surface area contributed by atoms with Crippen molar-refractivity contribution >= 4 is 23.2 Å². The number of nitrogens with one attached hydrogen (secondary N) is 2. The molecule has 2 aromatic rings. The normalized spacial score (nSPS) is 14.4. The Hall–Kier alpha value is -2.24. The molecule has 3 rings (SSSR count). The molecular weight excluding hydrogens is 328 g/mol. The van der Waals surface area contributed by atoms with Gasteiger partial charge in [-0.25, -0.2) is 0 Å². The summed E-state index contributed by atoms with van der Waals surface area (Å²) in [6.45, 7) is 2.73. The number of carbonyl (C=O) groups excluding carboxylic acids is 1. The van der Waals surface area contributed by atoms with E-state index in [2.05, 4.69) is 17.6 Å². The number of amides is 1. The molecule has 0 radical (unpaired) electrons. The molecule has 24 heavy (non-hydrogen) atoms. The average Bonchev–Trinajstić information content (AvgIpc) is 2.60. The molecule has 5 nitrogen and oxygen atoms in total. The first-order valence-electron chi connectivity index (χ1n) is 7.69. The molecule has 126 valence electrons. The summed E-state index contributed by atoms with van der Waals surface area (Å²) in [6, 6.07) is 11.5. The van der Waals surface area contributed by atoms with Crippen molar-refractivity contribution in [3.63, 3.8) is 0 Å². The fourth-order valence-electron chi connectivity index (χ4n) is 2.56. The quantitative estimate of drug-likeness (QED) is 0.869. The third kappa shape index (κ3) is 3.63. The minimum absolute atomic E-state index is 0.0640. The van der Waals surface area contributed by atoms with Crippen LogP contribution in [0.5, 0.6) is 11.5 Å². The van der Waals surface area contributed by atoms with Crippen LogP contribution < -0.4 is 20.1 Å². The molecule has 0 saturated heterocycles. The first kappa shape index (κ1) is 16.6. The van der Waals surface area contributed by atoms with Gasteiger partial charge < -0.3 is 20.1 Å². The van der Waals surface area contributed by atoms with Gasteiger partial charge in [-0.2, -0.15) is 0 Å². The van der Waals surface area contributed by atoms with Gasteiger partial charge in [-0.1, -0.05) is 17.7 Å². The lowest BCUT2D eigenvalue weighted by Crippen LogP contribution is -2.26. The van der Waals surface area contributed by atoms with Crippen molar-refractivity contribution in [2.24, 2.45) is 0 Å². The van der Waals surface area contributed by atoms with Crippen molar-refractivity contribution < 1.29 is 14.3 Å². The predicted octanol–water partition coefficient (Wildman–Crippen LogP) is 3.53. The van der Waals surface area contributed by atoms with E-state index < -0.39 is 0 Å². The molecule has 0 aromatic heterocycles. The van der Waals surface area contributed by atoms with Crippen molar-refractivity contribution in [3.05, 3.63) is 52.5 Å². The van der Waals surface area contributed by atoms with E-state index in [0.717, 1.165) is 16.9 Å². The zero-order chi connectivity index (χ0) is 17.1. The Bertz CT molecular complexity index is 764. The maximum absolute atomic E-state index is 11.4. The van der Waals surface area contributed by atoms with Gasteiger partial charge in [0.25, 0.3) is 5.91 Å². The number of benzene rings is 2. The van der Waals surface area contributed by atoms with Crippen molar-refractivity contribution in [3.8, 4) is 11.5 Å². The highest BCUT2D eigenvalue weighted by Gasteiger charge is 2.17. The second-order valence-corrected chi connectivity index (χ2v) is 6.06. The van der Waals surface area contributed by atoms with Crippen LogP contribution in [0.4, 0.5) is 5.69 Å². The highest BCUT2D eigenvalue weighted by atomic mass is 35.5. The number of carbonyl (C=O) groups is 1. The van der Waals surface area contributed by atoms with Crippen LogP contribution in [0.1, 0.15) is 24.1 Å². The first-order valence-corrected chi connectivity index (χ1v) is 8.07. The van der Waals surface area contributed by atoms with Gasteiger partial charge >= 0.3 is 0 Å². The van der Waals surface area contributed by atoms with Gasteiger partial charge in [-0.05, 0) is 48.4 Å². The second-order valence-electron chi connectivity index (χ2n) is 5.65. The van der Waals surface area contributed by atoms with Gasteiger partial charge in [0.05, 0.1) is 12.8 Å². The van der Waals surface area contributed by atoms with Crippen LogP contribution in [0, 0.1) is 0 Å². The molecular formula is C18H19ClN2O3. The van der Waals surface area contributed by atoms with Gasteiger partial charge in [0.1, 0.15) is 11.5 Å². The van der Waals surface area contributed by atoms with E-state index in [1.165, 1.54) is 0 Å². The number of hydrogen-bond donors (Lipinski definition) is 2. The predicted molar refractivity (Wildman–Crippen MR) is 93.8 cm³/mol. The van der Waals surface area contributed by atoms with Crippen LogP contribution in [-0.4, -0.2) is 19.6 Å². The number of ether oxygens (including phenoxy) is 2. The molecule has 0 unspecified atom stereocenters. The van der Waals surface area contributed by atoms with Crippen LogP contribution in [0.2, 0.25) is 5.02 Å². The number of halogens is 1. The maximum Gasteiger partial charge on any atom is 0.262 e. The van der Waals surface area contributed by atoms with Crippen molar-refractivity contribution in [1.82, 2.24) is 5.32 Å². The fraction of sp³-hybridized carbons (Fsp3) is 0.278. The van der Waals surface area contributed by atoms with E-state index in [1.54, 1.807) is 7.11 Å². The first-order chi connectivity index (χ1) is 11.6. The number of methoxy groups -OCH3 is 1. The standard InChI is InChI=1S/C18H19ClN2O3/c1-11(20-9-13-7-14(23-2)4-5-15(13)19)12-3-6-17-16(8-12)21-18(22)10-24-17/h3-8,11,20H,9-10H2,1-2H3,(H,21,22)/t11-/m1/s1. The Labute approximate surface area is 145 Å². The van der Waals surface area contributed by atoms with Crippen LogP contribution in [-0.2, 0) is 11.3 Å². The van der Waals surface area contributed by atoms with Crippen LogP contribution >= 0.6 is 11.6 Å². The van der Waals surface area contributed by atoms with Crippen molar-refractivity contribution in [2.45, 2.75) is 19.5 Å². The van der Waals surface area contributed by atoms with Crippen LogP contribution in [0.15, 0.2) is 36.4 Å². The summed E-state index contributed by atoms with van der Waals surface area (Å²) in [7, 11) is 1.63.